The number of ether oxygens (including phenoxy) is 2. The number of pyridine rings is 1. The van der Waals surface area contributed by atoms with Crippen molar-refractivity contribution in [3.63, 3.8) is 0 Å². The Balaban J connectivity index is 1.56. The molecular formula is C29H29N3O5S. The van der Waals surface area contributed by atoms with Crippen LogP contribution in [-0.4, -0.2) is 61.2 Å². The van der Waals surface area contributed by atoms with Crippen molar-refractivity contribution in [3.8, 4) is 5.75 Å². The van der Waals surface area contributed by atoms with Crippen LogP contribution in [0.5, 0.6) is 5.75 Å². The molecule has 2 aromatic heterocycles. The van der Waals surface area contributed by atoms with E-state index in [1.165, 1.54) is 11.3 Å². The van der Waals surface area contributed by atoms with Crippen molar-refractivity contribution in [1.82, 2.24) is 9.47 Å². The molecule has 1 aliphatic rings. The number of hydrogen-bond acceptors (Lipinski definition) is 7. The highest BCUT2D eigenvalue weighted by Crippen LogP contribution is 2.31. The molecule has 2 aromatic carbocycles. The zero-order chi connectivity index (χ0) is 26.6. The van der Waals surface area contributed by atoms with Crippen LogP contribution < -0.4 is 15.2 Å². The van der Waals surface area contributed by atoms with Gasteiger partial charge in [-0.05, 0) is 42.1 Å². The number of thiophene rings is 1. The number of fused-ring (bicyclic) bond motifs is 1. The normalized spacial score (nSPS) is 13.5. The van der Waals surface area contributed by atoms with Gasteiger partial charge < -0.3 is 23.8 Å². The largest absolute Gasteiger partial charge is 0.497 e. The number of carbonyl (C=O) groups excluding carboxylic acids is 2. The van der Waals surface area contributed by atoms with Gasteiger partial charge in [0.05, 0.1) is 36.3 Å². The van der Waals surface area contributed by atoms with E-state index in [9.17, 15) is 14.4 Å². The zero-order valence-corrected chi connectivity index (χ0v) is 22.2. The molecule has 0 unspecified atom stereocenters. The summed E-state index contributed by atoms with van der Waals surface area (Å²) in [4.78, 5) is 44.6. The monoisotopic (exact) mass is 531 g/mol. The van der Waals surface area contributed by atoms with E-state index in [1.54, 1.807) is 18.6 Å². The summed E-state index contributed by atoms with van der Waals surface area (Å²) in [6.07, 6.45) is 0. The highest BCUT2D eigenvalue weighted by molar-refractivity contribution is 7.12. The fourth-order valence-corrected chi connectivity index (χ4v) is 5.56. The molecule has 0 radical (unpaired) electrons. The number of piperazine rings is 1. The second-order valence-electron chi connectivity index (χ2n) is 8.96. The first kappa shape index (κ1) is 25.5. The standard InChI is InChI=1S/C29H29N3O5S/c1-3-37-29(35)25-26(30-14-16-31(17-15-30)27(33)24-9-6-18-38-24)22-7-4-5-8-23(22)32(28(25)34)19-20-10-12-21(36-2)13-11-20/h4-13,18H,3,14-17,19H2,1-2H3. The van der Waals surface area contributed by atoms with E-state index in [0.717, 1.165) is 22.2 Å². The number of methoxy groups -OCH3 is 1. The van der Waals surface area contributed by atoms with E-state index in [1.807, 2.05) is 75.8 Å². The minimum absolute atomic E-state index is 0.00466. The molecule has 0 saturated carbocycles. The summed E-state index contributed by atoms with van der Waals surface area (Å²) in [5.74, 6) is 0.0917. The Labute approximate surface area is 224 Å². The molecule has 1 aliphatic heterocycles. The van der Waals surface area contributed by atoms with Gasteiger partial charge in [-0.25, -0.2) is 4.79 Å². The molecule has 196 valence electrons. The van der Waals surface area contributed by atoms with E-state index in [-0.39, 0.29) is 18.1 Å². The summed E-state index contributed by atoms with van der Waals surface area (Å²) in [6, 6.07) is 18.8. The van der Waals surface area contributed by atoms with Crippen molar-refractivity contribution < 1.29 is 19.1 Å². The number of para-hydroxylation sites is 1. The number of benzene rings is 2. The Hall–Kier alpha value is -4.11. The molecule has 0 spiro atoms. The van der Waals surface area contributed by atoms with Crippen molar-refractivity contribution in [1.29, 1.82) is 0 Å². The van der Waals surface area contributed by atoms with Gasteiger partial charge in [-0.3, -0.25) is 9.59 Å². The number of nitrogens with zero attached hydrogens (tertiary/aromatic N) is 3. The third-order valence-corrected chi connectivity index (χ3v) is 7.60. The smallest absolute Gasteiger partial charge is 0.345 e. The van der Waals surface area contributed by atoms with Gasteiger partial charge in [-0.1, -0.05) is 36.4 Å². The Morgan fingerprint density at radius 1 is 0.947 bits per heavy atom. The van der Waals surface area contributed by atoms with Crippen LogP contribution in [0.3, 0.4) is 0 Å². The summed E-state index contributed by atoms with van der Waals surface area (Å²) in [6.45, 7) is 4.14. The van der Waals surface area contributed by atoms with Gasteiger partial charge in [0.2, 0.25) is 0 Å². The minimum atomic E-state index is -0.640. The Morgan fingerprint density at radius 3 is 2.34 bits per heavy atom. The van der Waals surface area contributed by atoms with Gasteiger partial charge in [0.1, 0.15) is 11.3 Å². The van der Waals surface area contributed by atoms with Crippen LogP contribution in [0.15, 0.2) is 70.8 Å². The first-order chi connectivity index (χ1) is 18.5. The quantitative estimate of drug-likeness (QED) is 0.332. The topological polar surface area (TPSA) is 81.1 Å². The molecule has 8 nitrogen and oxygen atoms in total. The number of aromatic nitrogens is 1. The van der Waals surface area contributed by atoms with Crippen molar-refractivity contribution in [2.75, 3.05) is 44.8 Å². The van der Waals surface area contributed by atoms with Gasteiger partial charge in [0, 0.05) is 31.6 Å². The summed E-state index contributed by atoms with van der Waals surface area (Å²) >= 11 is 1.42. The first-order valence-corrected chi connectivity index (χ1v) is 13.4. The van der Waals surface area contributed by atoms with Crippen LogP contribution >= 0.6 is 11.3 Å². The molecular weight excluding hydrogens is 502 g/mol. The number of hydrogen-bond donors (Lipinski definition) is 0. The van der Waals surface area contributed by atoms with Crippen LogP contribution in [0.4, 0.5) is 5.69 Å². The number of anilines is 1. The zero-order valence-electron chi connectivity index (χ0n) is 21.4. The first-order valence-electron chi connectivity index (χ1n) is 12.5. The third kappa shape index (κ3) is 4.89. The average molecular weight is 532 g/mol. The Kier molecular flexibility index (Phi) is 7.46. The van der Waals surface area contributed by atoms with E-state index < -0.39 is 11.5 Å². The number of carbonyl (C=O) groups is 2. The molecule has 0 N–H and O–H groups in total. The van der Waals surface area contributed by atoms with E-state index >= 15 is 0 Å². The number of rotatable bonds is 7. The second kappa shape index (κ2) is 11.1. The maximum atomic E-state index is 14.0. The SMILES string of the molecule is CCOC(=O)c1c(N2CCN(C(=O)c3cccs3)CC2)c2ccccc2n(Cc2ccc(OC)cc2)c1=O. The lowest BCUT2D eigenvalue weighted by molar-refractivity contribution is 0.0523. The molecule has 0 aliphatic carbocycles. The van der Waals surface area contributed by atoms with Crippen molar-refractivity contribution in [2.45, 2.75) is 13.5 Å². The summed E-state index contributed by atoms with van der Waals surface area (Å²) < 4.78 is 12.3. The second-order valence-corrected chi connectivity index (χ2v) is 9.90. The maximum Gasteiger partial charge on any atom is 0.345 e. The molecule has 1 fully saturated rings. The highest BCUT2D eigenvalue weighted by Gasteiger charge is 2.30. The molecule has 5 rings (SSSR count). The van der Waals surface area contributed by atoms with E-state index in [4.69, 9.17) is 9.47 Å². The molecule has 0 bridgehead atoms. The van der Waals surface area contributed by atoms with E-state index in [2.05, 4.69) is 0 Å². The lowest BCUT2D eigenvalue weighted by Crippen LogP contribution is -2.49. The van der Waals surface area contributed by atoms with Crippen molar-refractivity contribution >= 4 is 39.8 Å². The molecule has 3 heterocycles. The molecule has 9 heteroatoms. The van der Waals surface area contributed by atoms with Gasteiger partial charge in [-0.15, -0.1) is 11.3 Å². The number of esters is 1. The Morgan fingerprint density at radius 2 is 1.68 bits per heavy atom. The maximum absolute atomic E-state index is 14.0. The predicted molar refractivity (Wildman–Crippen MR) is 149 cm³/mol. The molecule has 4 aromatic rings. The van der Waals surface area contributed by atoms with E-state index in [0.29, 0.717) is 43.3 Å². The molecule has 1 amide bonds. The lowest BCUT2D eigenvalue weighted by Gasteiger charge is -2.37. The van der Waals surface area contributed by atoms with Crippen molar-refractivity contribution in [2.24, 2.45) is 0 Å². The molecule has 1 saturated heterocycles. The predicted octanol–water partition coefficient (Wildman–Crippen LogP) is 4.26. The van der Waals surface area contributed by atoms with Crippen molar-refractivity contribution in [3.05, 3.63) is 92.4 Å². The number of amides is 1. The highest BCUT2D eigenvalue weighted by atomic mass is 32.1. The average Bonchev–Trinajstić information content (AvgIpc) is 3.49. The van der Waals surface area contributed by atoms with Crippen LogP contribution in [-0.2, 0) is 11.3 Å². The summed E-state index contributed by atoms with van der Waals surface area (Å²) in [5.41, 5.74) is 1.83. The van der Waals surface area contributed by atoms with Crippen LogP contribution in [0, 0.1) is 0 Å². The Bertz CT molecular complexity index is 1500. The van der Waals surface area contributed by atoms with Gasteiger partial charge in [0.25, 0.3) is 11.5 Å². The summed E-state index contributed by atoms with van der Waals surface area (Å²) in [7, 11) is 1.61. The van der Waals surface area contributed by atoms with Crippen LogP contribution in [0.25, 0.3) is 10.9 Å². The minimum Gasteiger partial charge on any atom is -0.497 e. The van der Waals surface area contributed by atoms with Crippen LogP contribution in [0.1, 0.15) is 32.5 Å². The lowest BCUT2D eigenvalue weighted by atomic mass is 10.0. The van der Waals surface area contributed by atoms with Gasteiger partial charge >= 0.3 is 5.97 Å². The third-order valence-electron chi connectivity index (χ3n) is 6.74. The van der Waals surface area contributed by atoms with Crippen LogP contribution in [0.2, 0.25) is 0 Å². The fraction of sp³-hybridized carbons (Fsp3) is 0.276. The molecule has 38 heavy (non-hydrogen) atoms. The summed E-state index contributed by atoms with van der Waals surface area (Å²) in [5, 5.41) is 2.68. The van der Waals surface area contributed by atoms with Gasteiger partial charge in [0.15, 0.2) is 0 Å². The molecule has 0 atom stereocenters. The van der Waals surface area contributed by atoms with Gasteiger partial charge in [-0.2, -0.15) is 0 Å². The fourth-order valence-electron chi connectivity index (χ4n) is 4.87.